The molecule has 0 bridgehead atoms. The minimum absolute atomic E-state index is 0.194. The van der Waals surface area contributed by atoms with Crippen molar-refractivity contribution in [3.8, 4) is 0 Å². The molecule has 0 N–H and O–H groups in total. The second-order valence-electron chi connectivity index (χ2n) is 6.51. The summed E-state index contributed by atoms with van der Waals surface area (Å²) in [7, 11) is 0. The summed E-state index contributed by atoms with van der Waals surface area (Å²) in [6.45, 7) is 4.28. The standard InChI is InChI=1S/C19H24F2Se/c1-3-13-5-7-14(8-6-13)15-9-10-16(19(21)18(15)20)17-11-4-12(2)22-17/h4,9-11,13-14H,3,5-8,22H2,1-2H3. The normalized spacial score (nSPS) is 26.9. The fourth-order valence-electron chi connectivity index (χ4n) is 3.63. The van der Waals surface area contributed by atoms with Crippen molar-refractivity contribution < 1.29 is 8.78 Å². The zero-order valence-electron chi connectivity index (χ0n) is 13.3. The molecule has 1 saturated carbocycles. The Balaban J connectivity index is 1.82. The van der Waals surface area contributed by atoms with E-state index < -0.39 is 26.6 Å². The van der Waals surface area contributed by atoms with E-state index >= 15 is 0 Å². The van der Waals surface area contributed by atoms with E-state index in [0.29, 0.717) is 11.1 Å². The zero-order valence-corrected chi connectivity index (χ0v) is 15.4. The van der Waals surface area contributed by atoms with Crippen molar-refractivity contribution >= 4 is 19.4 Å². The van der Waals surface area contributed by atoms with Gasteiger partial charge in [0.2, 0.25) is 0 Å². The van der Waals surface area contributed by atoms with E-state index in [-0.39, 0.29) is 5.92 Å². The van der Waals surface area contributed by atoms with E-state index in [1.165, 1.54) is 10.9 Å². The van der Waals surface area contributed by atoms with E-state index in [1.54, 1.807) is 6.07 Å². The number of benzene rings is 1. The topological polar surface area (TPSA) is 0 Å². The van der Waals surface area contributed by atoms with Crippen LogP contribution in [0.15, 0.2) is 28.8 Å². The molecule has 0 amide bonds. The molecule has 1 aliphatic heterocycles. The molecule has 2 aliphatic rings. The number of halogens is 2. The Hall–Kier alpha value is -0.921. The van der Waals surface area contributed by atoms with Crippen molar-refractivity contribution in [2.45, 2.75) is 51.9 Å². The van der Waals surface area contributed by atoms with Crippen LogP contribution >= 0.6 is 0 Å². The molecular formula is C19H24F2Se. The van der Waals surface area contributed by atoms with Crippen LogP contribution in [0.4, 0.5) is 8.78 Å². The van der Waals surface area contributed by atoms with Gasteiger partial charge >= 0.3 is 138 Å². The quantitative estimate of drug-likeness (QED) is 0.652. The first-order valence-electron chi connectivity index (χ1n) is 8.24. The molecule has 0 atom stereocenters. The molecule has 0 radical (unpaired) electrons. The first-order valence-corrected chi connectivity index (χ1v) is 10.3. The average Bonchev–Trinajstić information content (AvgIpc) is 2.96. The predicted molar refractivity (Wildman–Crippen MR) is 91.6 cm³/mol. The van der Waals surface area contributed by atoms with E-state index in [1.807, 2.05) is 18.2 Å². The molecule has 22 heavy (non-hydrogen) atoms. The van der Waals surface area contributed by atoms with Crippen molar-refractivity contribution in [2.24, 2.45) is 5.92 Å². The summed E-state index contributed by atoms with van der Waals surface area (Å²) in [5, 5.41) is 0. The Morgan fingerprint density at radius 1 is 1.05 bits per heavy atom. The molecule has 0 nitrogen and oxygen atoms in total. The summed E-state index contributed by atoms with van der Waals surface area (Å²) < 4.78 is 31.4. The maximum absolute atomic E-state index is 14.6. The third-order valence-electron chi connectivity index (χ3n) is 5.10. The van der Waals surface area contributed by atoms with Crippen LogP contribution in [0.25, 0.3) is 4.47 Å². The summed E-state index contributed by atoms with van der Waals surface area (Å²) in [5.74, 6) is -0.269. The summed E-state index contributed by atoms with van der Waals surface area (Å²) in [4.78, 5) is 0. The molecule has 0 spiro atoms. The summed E-state index contributed by atoms with van der Waals surface area (Å²) in [5.41, 5.74) is 1.08. The first kappa shape index (κ1) is 16.0. The second kappa shape index (κ2) is 6.68. The molecule has 120 valence electrons. The summed E-state index contributed by atoms with van der Waals surface area (Å²) in [6, 6.07) is 3.65. The Morgan fingerprint density at radius 3 is 2.36 bits per heavy atom. The van der Waals surface area contributed by atoms with E-state index in [4.69, 9.17) is 0 Å². The molecule has 3 heteroatoms. The van der Waals surface area contributed by atoms with Crippen molar-refractivity contribution in [1.29, 1.82) is 0 Å². The van der Waals surface area contributed by atoms with Crippen LogP contribution in [0.1, 0.15) is 63.0 Å². The first-order chi connectivity index (χ1) is 10.6. The van der Waals surface area contributed by atoms with Gasteiger partial charge in [-0.05, 0) is 0 Å². The molecule has 1 fully saturated rings. The summed E-state index contributed by atoms with van der Waals surface area (Å²) >= 11 is -0.454. The van der Waals surface area contributed by atoms with Crippen LogP contribution in [0.2, 0.25) is 0 Å². The van der Waals surface area contributed by atoms with Crippen LogP contribution in [0, 0.1) is 17.6 Å². The molecule has 3 rings (SSSR count). The molecule has 0 unspecified atom stereocenters. The Kier molecular flexibility index (Phi) is 4.84. The maximum atomic E-state index is 14.6. The van der Waals surface area contributed by atoms with Crippen LogP contribution in [0.3, 0.4) is 0 Å². The van der Waals surface area contributed by atoms with Crippen molar-refractivity contribution in [3.63, 3.8) is 0 Å². The van der Waals surface area contributed by atoms with Crippen molar-refractivity contribution in [2.75, 3.05) is 0 Å². The Labute approximate surface area is 137 Å². The van der Waals surface area contributed by atoms with Gasteiger partial charge in [-0.3, -0.25) is 0 Å². The van der Waals surface area contributed by atoms with Crippen LogP contribution in [-0.4, -0.2) is 15.0 Å². The fraction of sp³-hybridized carbons (Fsp3) is 0.474. The van der Waals surface area contributed by atoms with Crippen LogP contribution < -0.4 is 0 Å². The second-order valence-corrected chi connectivity index (χ2v) is 9.82. The van der Waals surface area contributed by atoms with Gasteiger partial charge in [-0.25, -0.2) is 0 Å². The van der Waals surface area contributed by atoms with Gasteiger partial charge in [0.25, 0.3) is 0 Å². The van der Waals surface area contributed by atoms with Crippen molar-refractivity contribution in [3.05, 3.63) is 51.5 Å². The fourth-order valence-corrected chi connectivity index (χ4v) is 5.91. The molecule has 1 heterocycles. The van der Waals surface area contributed by atoms with E-state index in [2.05, 4.69) is 13.8 Å². The van der Waals surface area contributed by atoms with Crippen LogP contribution in [0.5, 0.6) is 0 Å². The van der Waals surface area contributed by atoms with Gasteiger partial charge in [0.15, 0.2) is 0 Å². The number of rotatable bonds is 3. The average molecular weight is 369 g/mol. The third kappa shape index (κ3) is 3.07. The Bertz CT molecular complexity index is 623. The number of allylic oxidation sites excluding steroid dienone is 3. The molecule has 0 aromatic heterocycles. The minimum atomic E-state index is -0.631. The predicted octanol–water partition coefficient (Wildman–Crippen LogP) is 5.08. The monoisotopic (exact) mass is 370 g/mol. The number of hydrogen-bond donors (Lipinski definition) is 0. The van der Waals surface area contributed by atoms with E-state index in [0.717, 1.165) is 36.1 Å². The van der Waals surface area contributed by atoms with Gasteiger partial charge in [0.1, 0.15) is 0 Å². The molecular weight excluding hydrogens is 345 g/mol. The molecule has 0 saturated heterocycles. The van der Waals surface area contributed by atoms with Gasteiger partial charge < -0.3 is 0 Å². The van der Waals surface area contributed by atoms with E-state index in [9.17, 15) is 8.78 Å². The number of hydrogen-bond acceptors (Lipinski definition) is 0. The van der Waals surface area contributed by atoms with Gasteiger partial charge in [0.05, 0.1) is 0 Å². The molecule has 1 aromatic rings. The van der Waals surface area contributed by atoms with Gasteiger partial charge in [-0.1, -0.05) is 0 Å². The zero-order chi connectivity index (χ0) is 15.7. The summed E-state index contributed by atoms with van der Waals surface area (Å²) in [6.07, 6.45) is 9.46. The third-order valence-corrected chi connectivity index (χ3v) is 7.76. The van der Waals surface area contributed by atoms with Gasteiger partial charge in [-0.15, -0.1) is 0 Å². The van der Waals surface area contributed by atoms with Gasteiger partial charge in [0, 0.05) is 0 Å². The van der Waals surface area contributed by atoms with Crippen LogP contribution in [-0.2, 0) is 0 Å². The van der Waals surface area contributed by atoms with Crippen molar-refractivity contribution in [1.82, 2.24) is 0 Å². The molecule has 1 aromatic carbocycles. The Morgan fingerprint density at radius 2 is 1.77 bits per heavy atom. The SMILES string of the molecule is CCC1CCC(c2ccc(C3=CC=C(C)[SeH2]3)c(F)c2F)CC1. The molecule has 1 aliphatic carbocycles. The van der Waals surface area contributed by atoms with Gasteiger partial charge in [-0.2, -0.15) is 0 Å².